The van der Waals surface area contributed by atoms with Gasteiger partial charge in [0.15, 0.2) is 11.5 Å². The number of hydrogen-bond donors (Lipinski definition) is 1. The molecule has 0 aliphatic carbocycles. The minimum Gasteiger partial charge on any atom is -0.493 e. The van der Waals surface area contributed by atoms with E-state index < -0.39 is 26.6 Å². The Labute approximate surface area is 136 Å². The van der Waals surface area contributed by atoms with Crippen molar-refractivity contribution in [1.82, 2.24) is 0 Å². The van der Waals surface area contributed by atoms with E-state index >= 15 is 0 Å². The second kappa shape index (κ2) is 6.59. The molecule has 5 nitrogen and oxygen atoms in total. The number of sulfonamides is 1. The average molecular weight is 364 g/mol. The van der Waals surface area contributed by atoms with Gasteiger partial charge in [0, 0.05) is 12.1 Å². The summed E-state index contributed by atoms with van der Waals surface area (Å²) in [7, 11) is -1.69. The molecule has 0 aliphatic rings. The summed E-state index contributed by atoms with van der Waals surface area (Å²) < 4.78 is 63.7. The zero-order valence-electron chi connectivity index (χ0n) is 12.1. The number of rotatable bonds is 5. The van der Waals surface area contributed by atoms with Crippen LogP contribution in [0.4, 0.5) is 14.5 Å². The fraction of sp³-hybridized carbons (Fsp3) is 0.143. The number of benzene rings is 2. The fourth-order valence-corrected chi connectivity index (χ4v) is 3.12. The summed E-state index contributed by atoms with van der Waals surface area (Å²) in [6.07, 6.45) is 0. The molecule has 0 amide bonds. The molecule has 2 aromatic carbocycles. The number of ether oxygens (including phenoxy) is 2. The molecule has 0 radical (unpaired) electrons. The van der Waals surface area contributed by atoms with Gasteiger partial charge in [-0.1, -0.05) is 11.6 Å². The standard InChI is InChI=1S/C14H12ClF2NO4S/c1-21-12-6-11(17)14(7-13(12)22-2)23(19,20)18-8-3-4-10(16)9(15)5-8/h3-7,18H,1-2H3. The van der Waals surface area contributed by atoms with E-state index in [2.05, 4.69) is 4.72 Å². The van der Waals surface area contributed by atoms with Crippen molar-refractivity contribution in [2.45, 2.75) is 4.90 Å². The minimum absolute atomic E-state index is 0.00872. The van der Waals surface area contributed by atoms with E-state index in [1.165, 1.54) is 14.2 Å². The third-order valence-electron chi connectivity index (χ3n) is 2.90. The van der Waals surface area contributed by atoms with Crippen LogP contribution in [0.5, 0.6) is 11.5 Å². The second-order valence-electron chi connectivity index (χ2n) is 4.37. The molecule has 23 heavy (non-hydrogen) atoms. The molecule has 0 bridgehead atoms. The molecular formula is C14H12ClF2NO4S. The van der Waals surface area contributed by atoms with Gasteiger partial charge in [-0.3, -0.25) is 4.72 Å². The molecule has 0 aromatic heterocycles. The van der Waals surface area contributed by atoms with Crippen molar-refractivity contribution in [2.75, 3.05) is 18.9 Å². The van der Waals surface area contributed by atoms with Crippen LogP contribution in [-0.4, -0.2) is 22.6 Å². The van der Waals surface area contributed by atoms with Crippen LogP contribution in [0.25, 0.3) is 0 Å². The maximum atomic E-state index is 14.1. The van der Waals surface area contributed by atoms with Crippen LogP contribution in [-0.2, 0) is 10.0 Å². The van der Waals surface area contributed by atoms with E-state index in [4.69, 9.17) is 21.1 Å². The van der Waals surface area contributed by atoms with Crippen LogP contribution < -0.4 is 14.2 Å². The maximum Gasteiger partial charge on any atom is 0.264 e. The Morgan fingerprint density at radius 1 is 1.00 bits per heavy atom. The molecule has 0 saturated heterocycles. The van der Waals surface area contributed by atoms with Gasteiger partial charge < -0.3 is 9.47 Å². The molecular weight excluding hydrogens is 352 g/mol. The van der Waals surface area contributed by atoms with E-state index in [0.29, 0.717) is 0 Å². The Morgan fingerprint density at radius 3 is 2.17 bits per heavy atom. The molecule has 0 aliphatic heterocycles. The number of anilines is 1. The van der Waals surface area contributed by atoms with E-state index in [1.807, 2.05) is 0 Å². The van der Waals surface area contributed by atoms with Gasteiger partial charge in [-0.05, 0) is 18.2 Å². The van der Waals surface area contributed by atoms with Gasteiger partial charge in [0.05, 0.1) is 24.9 Å². The van der Waals surface area contributed by atoms with Crippen molar-refractivity contribution in [1.29, 1.82) is 0 Å². The molecule has 9 heteroatoms. The average Bonchev–Trinajstić information content (AvgIpc) is 2.50. The number of halogens is 3. The van der Waals surface area contributed by atoms with E-state index in [1.54, 1.807) is 0 Å². The Morgan fingerprint density at radius 2 is 1.61 bits per heavy atom. The Kier molecular flexibility index (Phi) is 4.96. The van der Waals surface area contributed by atoms with Crippen LogP contribution in [0.15, 0.2) is 35.2 Å². The predicted octanol–water partition coefficient (Wildman–Crippen LogP) is 3.44. The molecule has 2 aromatic rings. The van der Waals surface area contributed by atoms with Crippen molar-refractivity contribution < 1.29 is 26.7 Å². The normalized spacial score (nSPS) is 11.2. The summed E-state index contributed by atoms with van der Waals surface area (Å²) in [5.41, 5.74) is -0.00872. The Balaban J connectivity index is 2.45. The number of hydrogen-bond acceptors (Lipinski definition) is 4. The highest BCUT2D eigenvalue weighted by molar-refractivity contribution is 7.92. The summed E-state index contributed by atoms with van der Waals surface area (Å²) in [4.78, 5) is -0.643. The minimum atomic E-state index is -4.27. The molecule has 0 unspecified atom stereocenters. The number of nitrogens with one attached hydrogen (secondary N) is 1. The highest BCUT2D eigenvalue weighted by Crippen LogP contribution is 2.32. The van der Waals surface area contributed by atoms with E-state index in [-0.39, 0.29) is 22.2 Å². The lowest BCUT2D eigenvalue weighted by molar-refractivity contribution is 0.350. The topological polar surface area (TPSA) is 64.6 Å². The quantitative estimate of drug-likeness (QED) is 0.883. The highest BCUT2D eigenvalue weighted by atomic mass is 35.5. The zero-order chi connectivity index (χ0) is 17.2. The van der Waals surface area contributed by atoms with Crippen molar-refractivity contribution in [2.24, 2.45) is 0 Å². The van der Waals surface area contributed by atoms with Crippen molar-refractivity contribution in [3.8, 4) is 11.5 Å². The van der Waals surface area contributed by atoms with Crippen LogP contribution in [0.1, 0.15) is 0 Å². The molecule has 0 heterocycles. The second-order valence-corrected chi connectivity index (χ2v) is 6.43. The molecule has 2 rings (SSSR count). The van der Waals surface area contributed by atoms with Gasteiger partial charge in [-0.25, -0.2) is 17.2 Å². The Hall–Kier alpha value is -2.06. The zero-order valence-corrected chi connectivity index (χ0v) is 13.6. The van der Waals surface area contributed by atoms with Gasteiger partial charge in [0.25, 0.3) is 10.0 Å². The van der Waals surface area contributed by atoms with Crippen molar-refractivity contribution >= 4 is 27.3 Å². The van der Waals surface area contributed by atoms with Crippen LogP contribution in [0.3, 0.4) is 0 Å². The lowest BCUT2D eigenvalue weighted by Gasteiger charge is -2.13. The van der Waals surface area contributed by atoms with Crippen molar-refractivity contribution in [3.63, 3.8) is 0 Å². The molecule has 0 fully saturated rings. The van der Waals surface area contributed by atoms with E-state index in [0.717, 1.165) is 30.3 Å². The van der Waals surface area contributed by atoms with Gasteiger partial charge in [0.2, 0.25) is 0 Å². The first-order valence-electron chi connectivity index (χ1n) is 6.18. The van der Waals surface area contributed by atoms with Gasteiger partial charge in [-0.2, -0.15) is 0 Å². The van der Waals surface area contributed by atoms with Gasteiger partial charge in [-0.15, -0.1) is 0 Å². The first kappa shape index (κ1) is 17.3. The molecule has 1 N–H and O–H groups in total. The largest absolute Gasteiger partial charge is 0.493 e. The lowest BCUT2D eigenvalue weighted by atomic mass is 10.3. The van der Waals surface area contributed by atoms with Gasteiger partial charge >= 0.3 is 0 Å². The predicted molar refractivity (Wildman–Crippen MR) is 81.7 cm³/mol. The summed E-state index contributed by atoms with van der Waals surface area (Å²) in [5.74, 6) is -1.63. The third kappa shape index (κ3) is 3.65. The first-order chi connectivity index (χ1) is 10.8. The first-order valence-corrected chi connectivity index (χ1v) is 8.04. The van der Waals surface area contributed by atoms with Crippen molar-refractivity contribution in [3.05, 3.63) is 47.0 Å². The molecule has 0 saturated carbocycles. The molecule has 0 atom stereocenters. The van der Waals surface area contributed by atoms with Gasteiger partial charge in [0.1, 0.15) is 16.5 Å². The lowest BCUT2D eigenvalue weighted by Crippen LogP contribution is -2.15. The summed E-state index contributed by atoms with van der Waals surface area (Å²) in [6.45, 7) is 0. The number of methoxy groups -OCH3 is 2. The summed E-state index contributed by atoms with van der Waals surface area (Å²) in [6, 6.07) is 5.11. The summed E-state index contributed by atoms with van der Waals surface area (Å²) >= 11 is 5.59. The van der Waals surface area contributed by atoms with Crippen LogP contribution in [0.2, 0.25) is 5.02 Å². The third-order valence-corrected chi connectivity index (χ3v) is 4.59. The van der Waals surface area contributed by atoms with E-state index in [9.17, 15) is 17.2 Å². The monoisotopic (exact) mass is 363 g/mol. The summed E-state index contributed by atoms with van der Waals surface area (Å²) in [5, 5.41) is -0.266. The molecule has 124 valence electrons. The van der Waals surface area contributed by atoms with Crippen LogP contribution in [0, 0.1) is 11.6 Å². The fourth-order valence-electron chi connectivity index (χ4n) is 1.81. The highest BCUT2D eigenvalue weighted by Gasteiger charge is 2.23. The molecule has 0 spiro atoms. The SMILES string of the molecule is COc1cc(F)c(S(=O)(=O)Nc2ccc(F)c(Cl)c2)cc1OC. The smallest absolute Gasteiger partial charge is 0.264 e. The van der Waals surface area contributed by atoms with Crippen LogP contribution >= 0.6 is 11.6 Å². The Bertz CT molecular complexity index is 843. The maximum absolute atomic E-state index is 14.1.